The molecule has 7 rings (SSSR count). The molecule has 0 aliphatic carbocycles. The standard InChI is InChI=1S/C50H59N3O6Si/c1-34(2)14-13-15-35(3)26-27-51-45-25-20-40(53(33-55)39-18-9-8-10-19-39)29-44(45)50(49(51)57)36(4)48(60(6,7)43-23-21-42(58-5)22-24-43)46(59-50)30-47(56)52-31-38-17-12-11-16-37(38)28-41(52)32-54/h8-12,14,16-26,29,33,36,41,46,48,54H,13,15,27-28,30-32H2,1-7H3/b35-26+/t36-,41-,46+,48-,50+/m0/s1. The summed E-state index contributed by atoms with van der Waals surface area (Å²) in [6.07, 6.45) is 6.96. The average Bonchev–Trinajstić information content (AvgIpc) is 3.68. The van der Waals surface area contributed by atoms with Gasteiger partial charge in [-0.3, -0.25) is 19.3 Å². The molecule has 10 heteroatoms. The van der Waals surface area contributed by atoms with Gasteiger partial charge in [0.15, 0.2) is 5.60 Å². The molecule has 1 N–H and O–H groups in total. The maximum Gasteiger partial charge on any atom is 0.264 e. The van der Waals surface area contributed by atoms with E-state index in [1.165, 1.54) is 16.3 Å². The van der Waals surface area contributed by atoms with Crippen LogP contribution in [0.3, 0.4) is 0 Å². The number of methoxy groups -OCH3 is 1. The number of carbonyl (C=O) groups is 3. The highest BCUT2D eigenvalue weighted by molar-refractivity contribution is 6.91. The van der Waals surface area contributed by atoms with E-state index in [4.69, 9.17) is 9.47 Å². The zero-order valence-corrected chi connectivity index (χ0v) is 37.1. The van der Waals surface area contributed by atoms with Gasteiger partial charge in [0.2, 0.25) is 12.3 Å². The number of benzene rings is 4. The Hall–Kier alpha value is -5.29. The lowest BCUT2D eigenvalue weighted by molar-refractivity contribution is -0.150. The van der Waals surface area contributed by atoms with Crippen molar-refractivity contribution in [2.45, 2.75) is 96.3 Å². The number of allylic oxidation sites excluding steroid dienone is 3. The Balaban J connectivity index is 1.34. The van der Waals surface area contributed by atoms with Gasteiger partial charge in [-0.1, -0.05) is 103 Å². The Morgan fingerprint density at radius 2 is 1.65 bits per heavy atom. The molecule has 4 aromatic carbocycles. The van der Waals surface area contributed by atoms with E-state index in [0.29, 0.717) is 36.4 Å². The van der Waals surface area contributed by atoms with Crippen molar-refractivity contribution in [1.29, 1.82) is 0 Å². The van der Waals surface area contributed by atoms with E-state index in [0.717, 1.165) is 41.8 Å². The van der Waals surface area contributed by atoms with Crippen LogP contribution in [0.4, 0.5) is 17.1 Å². The summed E-state index contributed by atoms with van der Waals surface area (Å²) in [5, 5.41) is 11.7. The van der Waals surface area contributed by atoms with Gasteiger partial charge in [-0.25, -0.2) is 0 Å². The molecule has 1 spiro atoms. The highest BCUT2D eigenvalue weighted by atomic mass is 28.3. The van der Waals surface area contributed by atoms with E-state index >= 15 is 4.79 Å². The summed E-state index contributed by atoms with van der Waals surface area (Å²) in [4.78, 5) is 48.3. The first-order valence-corrected chi connectivity index (χ1v) is 24.3. The minimum Gasteiger partial charge on any atom is -0.497 e. The van der Waals surface area contributed by atoms with E-state index in [-0.39, 0.29) is 42.3 Å². The molecule has 1 saturated heterocycles. The van der Waals surface area contributed by atoms with E-state index in [1.54, 1.807) is 16.9 Å². The van der Waals surface area contributed by atoms with Crippen LogP contribution in [0.1, 0.15) is 63.6 Å². The molecule has 3 aliphatic rings. The summed E-state index contributed by atoms with van der Waals surface area (Å²) < 4.78 is 12.9. The molecule has 1 fully saturated rings. The van der Waals surface area contributed by atoms with Gasteiger partial charge in [0.05, 0.1) is 46.0 Å². The normalized spacial score (nSPS) is 22.4. The van der Waals surface area contributed by atoms with Crippen molar-refractivity contribution < 1.29 is 29.0 Å². The molecule has 3 heterocycles. The number of rotatable bonds is 14. The van der Waals surface area contributed by atoms with Gasteiger partial charge in [-0.05, 0) is 99.2 Å². The SMILES string of the molecule is COc1ccc([Si](C)(C)[C@@H]2[C@@H](CC(=O)N3Cc4ccccc4C[C@H]3CO)O[C@]3(C(=O)N(C/C=C(\C)CCC=C(C)C)c4ccc(N(C=O)c5ccccc5)cc43)[C@H]2C)cc1. The second-order valence-electron chi connectivity index (χ2n) is 17.5. The molecule has 3 aliphatic heterocycles. The maximum absolute atomic E-state index is 15.5. The smallest absolute Gasteiger partial charge is 0.264 e. The molecular weight excluding hydrogens is 767 g/mol. The molecule has 0 saturated carbocycles. The van der Waals surface area contributed by atoms with Gasteiger partial charge in [0.1, 0.15) is 5.75 Å². The monoisotopic (exact) mass is 825 g/mol. The summed E-state index contributed by atoms with van der Waals surface area (Å²) in [6.45, 7) is 13.6. The summed E-state index contributed by atoms with van der Waals surface area (Å²) in [5.74, 6) is 0.135. The van der Waals surface area contributed by atoms with Crippen LogP contribution in [0.2, 0.25) is 18.6 Å². The number of para-hydroxylation sites is 1. The summed E-state index contributed by atoms with van der Waals surface area (Å²) in [5.41, 5.74) is 5.83. The number of fused-ring (bicyclic) bond motifs is 3. The highest BCUT2D eigenvalue weighted by Gasteiger charge is 2.66. The van der Waals surface area contributed by atoms with Crippen molar-refractivity contribution in [3.63, 3.8) is 0 Å². The second kappa shape index (κ2) is 17.7. The van der Waals surface area contributed by atoms with Crippen LogP contribution in [0, 0.1) is 5.92 Å². The predicted molar refractivity (Wildman–Crippen MR) is 242 cm³/mol. The number of aliphatic hydroxyl groups is 1. The van der Waals surface area contributed by atoms with Gasteiger partial charge in [0.25, 0.3) is 5.91 Å². The summed E-state index contributed by atoms with van der Waals surface area (Å²) in [6, 6.07) is 31.1. The number of hydrogen-bond donors (Lipinski definition) is 1. The number of aliphatic hydroxyl groups excluding tert-OH is 1. The van der Waals surface area contributed by atoms with Crippen LogP contribution < -0.4 is 19.7 Å². The summed E-state index contributed by atoms with van der Waals surface area (Å²) in [7, 11) is -0.931. The van der Waals surface area contributed by atoms with E-state index in [2.05, 4.69) is 71.1 Å². The number of amides is 3. The van der Waals surface area contributed by atoms with Crippen molar-refractivity contribution in [1.82, 2.24) is 4.90 Å². The molecular formula is C50H59N3O6Si. The molecule has 0 radical (unpaired) electrons. The second-order valence-corrected chi connectivity index (χ2v) is 22.2. The molecule has 3 amide bonds. The molecule has 0 bridgehead atoms. The quantitative estimate of drug-likeness (QED) is 0.0778. The zero-order valence-electron chi connectivity index (χ0n) is 36.1. The van der Waals surface area contributed by atoms with Crippen molar-refractivity contribution in [2.75, 3.05) is 30.1 Å². The number of ether oxygens (including phenoxy) is 2. The average molecular weight is 826 g/mol. The lowest BCUT2D eigenvalue weighted by Gasteiger charge is -2.39. The first-order valence-electron chi connectivity index (χ1n) is 21.2. The Labute approximate surface area is 356 Å². The Morgan fingerprint density at radius 1 is 0.950 bits per heavy atom. The van der Waals surface area contributed by atoms with Crippen LogP contribution in [-0.4, -0.2) is 68.7 Å². The van der Waals surface area contributed by atoms with Crippen LogP contribution >= 0.6 is 0 Å². The fourth-order valence-corrected chi connectivity index (χ4v) is 14.0. The zero-order chi connectivity index (χ0) is 42.8. The Kier molecular flexibility index (Phi) is 12.7. The number of nitrogens with zero attached hydrogens (tertiary/aromatic N) is 3. The molecule has 0 unspecified atom stereocenters. The van der Waals surface area contributed by atoms with Gasteiger partial charge >= 0.3 is 0 Å². The van der Waals surface area contributed by atoms with Gasteiger partial charge in [0, 0.05) is 35.9 Å². The van der Waals surface area contributed by atoms with Crippen molar-refractivity contribution in [2.24, 2.45) is 5.92 Å². The van der Waals surface area contributed by atoms with Gasteiger partial charge in [-0.2, -0.15) is 0 Å². The minimum atomic E-state index is -2.58. The number of hydrogen-bond acceptors (Lipinski definition) is 6. The van der Waals surface area contributed by atoms with Crippen molar-refractivity contribution >= 4 is 48.5 Å². The number of anilines is 3. The van der Waals surface area contributed by atoms with Gasteiger partial charge in [-0.15, -0.1) is 0 Å². The fourth-order valence-electron chi connectivity index (χ4n) is 9.96. The third-order valence-corrected chi connectivity index (χ3v) is 17.6. The molecule has 60 heavy (non-hydrogen) atoms. The maximum atomic E-state index is 15.5. The van der Waals surface area contributed by atoms with Gasteiger partial charge < -0.3 is 24.4 Å². The van der Waals surface area contributed by atoms with Crippen molar-refractivity contribution in [3.05, 3.63) is 137 Å². The first-order chi connectivity index (χ1) is 28.8. The van der Waals surface area contributed by atoms with E-state index in [1.807, 2.05) is 83.8 Å². The third kappa shape index (κ3) is 8.00. The Bertz CT molecular complexity index is 2270. The molecule has 0 aromatic heterocycles. The lowest BCUT2D eigenvalue weighted by atomic mass is 9.82. The van der Waals surface area contributed by atoms with Crippen LogP contribution in [-0.2, 0) is 37.7 Å². The van der Waals surface area contributed by atoms with E-state index in [9.17, 15) is 14.7 Å². The number of carbonyl (C=O) groups excluding carboxylic acids is 3. The molecule has 5 atom stereocenters. The predicted octanol–water partition coefficient (Wildman–Crippen LogP) is 8.58. The first kappa shape index (κ1) is 42.8. The van der Waals surface area contributed by atoms with E-state index < -0.39 is 19.8 Å². The van der Waals surface area contributed by atoms with Crippen LogP contribution in [0.25, 0.3) is 0 Å². The molecule has 4 aromatic rings. The topological polar surface area (TPSA) is 99.6 Å². The lowest BCUT2D eigenvalue weighted by Crippen LogP contribution is -2.52. The fraction of sp³-hybridized carbons (Fsp3) is 0.380. The van der Waals surface area contributed by atoms with Crippen molar-refractivity contribution in [3.8, 4) is 5.75 Å². The summed E-state index contributed by atoms with van der Waals surface area (Å²) >= 11 is 0. The molecule has 314 valence electrons. The Morgan fingerprint density at radius 3 is 2.32 bits per heavy atom. The van der Waals surface area contributed by atoms with Crippen LogP contribution in [0.15, 0.2) is 120 Å². The highest BCUT2D eigenvalue weighted by Crippen LogP contribution is 2.60. The third-order valence-electron chi connectivity index (χ3n) is 13.2. The van der Waals surface area contributed by atoms with Crippen LogP contribution in [0.5, 0.6) is 5.75 Å². The minimum absolute atomic E-state index is 0.0537. The molecule has 9 nitrogen and oxygen atoms in total. The largest absolute Gasteiger partial charge is 0.497 e.